The molecule has 0 atom stereocenters. The molecule has 5 heteroatoms. The molecule has 0 saturated heterocycles. The topological polar surface area (TPSA) is 33.1 Å². The minimum Gasteiger partial charge on any atom is -0.363 e. The molecule has 20 heavy (non-hydrogen) atoms. The summed E-state index contributed by atoms with van der Waals surface area (Å²) in [6, 6.07) is 10.3. The van der Waals surface area contributed by atoms with E-state index in [4.69, 9.17) is 12.2 Å². The highest BCUT2D eigenvalue weighted by atomic mass is 32.1. The van der Waals surface area contributed by atoms with Crippen molar-refractivity contribution in [1.29, 1.82) is 0 Å². The van der Waals surface area contributed by atoms with Crippen LogP contribution < -0.4 is 5.32 Å². The van der Waals surface area contributed by atoms with Crippen LogP contribution in [0.5, 0.6) is 0 Å². The zero-order valence-electron chi connectivity index (χ0n) is 11.9. The lowest BCUT2D eigenvalue weighted by Gasteiger charge is -2.19. The summed E-state index contributed by atoms with van der Waals surface area (Å²) >= 11 is 5.27. The van der Waals surface area contributed by atoms with Gasteiger partial charge in [0.1, 0.15) is 0 Å². The molecule has 0 bridgehead atoms. The number of benzene rings is 1. The molecule has 2 aromatic rings. The Balaban J connectivity index is 1.94. The van der Waals surface area contributed by atoms with Gasteiger partial charge in [-0.2, -0.15) is 5.10 Å². The first kappa shape index (κ1) is 14.5. The third kappa shape index (κ3) is 4.06. The Morgan fingerprint density at radius 1 is 1.30 bits per heavy atom. The Labute approximate surface area is 125 Å². The predicted octanol–water partition coefficient (Wildman–Crippen LogP) is 2.26. The van der Waals surface area contributed by atoms with E-state index in [2.05, 4.69) is 28.7 Å². The molecule has 1 N–H and O–H groups in total. The minimum absolute atomic E-state index is 0.765. The standard InChI is InChI=1S/C15H20N4S/c1-3-16-15(20)18(2)10-14-9-17-19(12-14)11-13-7-5-4-6-8-13/h4-9,12H,3,10-11H2,1-2H3,(H,16,20). The van der Waals surface area contributed by atoms with Crippen LogP contribution in [0.2, 0.25) is 0 Å². The number of nitrogens with zero attached hydrogens (tertiary/aromatic N) is 3. The molecule has 0 spiro atoms. The summed E-state index contributed by atoms with van der Waals surface area (Å²) in [7, 11) is 1.99. The molecular formula is C15H20N4S. The monoisotopic (exact) mass is 288 g/mol. The van der Waals surface area contributed by atoms with Gasteiger partial charge in [0.15, 0.2) is 5.11 Å². The first-order chi connectivity index (χ1) is 9.69. The Kier molecular flexibility index (Phi) is 5.12. The van der Waals surface area contributed by atoms with Gasteiger partial charge in [-0.1, -0.05) is 30.3 Å². The second-order valence-electron chi connectivity index (χ2n) is 4.72. The van der Waals surface area contributed by atoms with Crippen molar-refractivity contribution >= 4 is 17.3 Å². The molecule has 0 fully saturated rings. The minimum atomic E-state index is 0.765. The molecule has 1 aromatic carbocycles. The second-order valence-corrected chi connectivity index (χ2v) is 5.11. The zero-order chi connectivity index (χ0) is 14.4. The van der Waals surface area contributed by atoms with Gasteiger partial charge in [0.25, 0.3) is 0 Å². The van der Waals surface area contributed by atoms with E-state index in [-0.39, 0.29) is 0 Å². The van der Waals surface area contributed by atoms with E-state index in [1.165, 1.54) is 5.56 Å². The first-order valence-electron chi connectivity index (χ1n) is 6.73. The molecular weight excluding hydrogens is 268 g/mol. The van der Waals surface area contributed by atoms with Gasteiger partial charge in [0.05, 0.1) is 12.7 Å². The largest absolute Gasteiger partial charge is 0.363 e. The molecule has 0 amide bonds. The zero-order valence-corrected chi connectivity index (χ0v) is 12.7. The van der Waals surface area contributed by atoms with Gasteiger partial charge in [-0.25, -0.2) is 0 Å². The third-order valence-corrected chi connectivity index (χ3v) is 3.42. The van der Waals surface area contributed by atoms with Crippen molar-refractivity contribution in [3.05, 3.63) is 53.9 Å². The number of rotatable bonds is 5. The second kappa shape index (κ2) is 7.05. The SMILES string of the molecule is CCNC(=S)N(C)Cc1cnn(Cc2ccccc2)c1. The quantitative estimate of drug-likeness (QED) is 0.856. The summed E-state index contributed by atoms with van der Waals surface area (Å²) in [5.41, 5.74) is 2.40. The van der Waals surface area contributed by atoms with E-state index in [9.17, 15) is 0 Å². The van der Waals surface area contributed by atoms with Gasteiger partial charge in [-0.3, -0.25) is 4.68 Å². The summed E-state index contributed by atoms with van der Waals surface area (Å²) in [6.45, 7) is 4.44. The van der Waals surface area contributed by atoms with Crippen molar-refractivity contribution in [2.24, 2.45) is 0 Å². The highest BCUT2D eigenvalue weighted by Crippen LogP contribution is 2.06. The smallest absolute Gasteiger partial charge is 0.168 e. The van der Waals surface area contributed by atoms with Gasteiger partial charge in [-0.05, 0) is 24.7 Å². The van der Waals surface area contributed by atoms with Crippen molar-refractivity contribution in [2.45, 2.75) is 20.0 Å². The maximum atomic E-state index is 5.27. The summed E-state index contributed by atoms with van der Waals surface area (Å²) in [5.74, 6) is 0. The van der Waals surface area contributed by atoms with Crippen LogP contribution in [-0.2, 0) is 13.1 Å². The molecule has 2 rings (SSSR count). The lowest BCUT2D eigenvalue weighted by Crippen LogP contribution is -2.36. The van der Waals surface area contributed by atoms with Gasteiger partial charge in [0.2, 0.25) is 0 Å². The molecule has 1 heterocycles. The molecule has 0 saturated carbocycles. The Morgan fingerprint density at radius 3 is 2.75 bits per heavy atom. The number of hydrogen-bond acceptors (Lipinski definition) is 2. The van der Waals surface area contributed by atoms with Crippen molar-refractivity contribution < 1.29 is 0 Å². The van der Waals surface area contributed by atoms with Crippen molar-refractivity contribution in [1.82, 2.24) is 20.0 Å². The van der Waals surface area contributed by atoms with E-state index in [0.717, 1.165) is 30.3 Å². The lowest BCUT2D eigenvalue weighted by atomic mass is 10.2. The van der Waals surface area contributed by atoms with Crippen molar-refractivity contribution in [3.63, 3.8) is 0 Å². The highest BCUT2D eigenvalue weighted by Gasteiger charge is 2.06. The van der Waals surface area contributed by atoms with Gasteiger partial charge >= 0.3 is 0 Å². The van der Waals surface area contributed by atoms with E-state index in [1.807, 2.05) is 47.9 Å². The Bertz CT molecular complexity index is 550. The summed E-state index contributed by atoms with van der Waals surface area (Å²) < 4.78 is 1.95. The van der Waals surface area contributed by atoms with Gasteiger partial charge in [0, 0.05) is 31.9 Å². The average Bonchev–Trinajstić information content (AvgIpc) is 2.87. The molecule has 0 unspecified atom stereocenters. The van der Waals surface area contributed by atoms with E-state index in [0.29, 0.717) is 0 Å². The normalized spacial score (nSPS) is 10.3. The van der Waals surface area contributed by atoms with E-state index >= 15 is 0 Å². The maximum absolute atomic E-state index is 5.27. The van der Waals surface area contributed by atoms with E-state index in [1.54, 1.807) is 0 Å². The molecule has 4 nitrogen and oxygen atoms in total. The lowest BCUT2D eigenvalue weighted by molar-refractivity contribution is 0.490. The summed E-state index contributed by atoms with van der Waals surface area (Å²) in [5, 5.41) is 8.31. The van der Waals surface area contributed by atoms with E-state index < -0.39 is 0 Å². The van der Waals surface area contributed by atoms with Crippen LogP contribution in [0.15, 0.2) is 42.7 Å². The van der Waals surface area contributed by atoms with Crippen LogP contribution in [0, 0.1) is 0 Å². The van der Waals surface area contributed by atoms with Crippen molar-refractivity contribution in [3.8, 4) is 0 Å². The van der Waals surface area contributed by atoms with Crippen LogP contribution in [0.25, 0.3) is 0 Å². The number of hydrogen-bond donors (Lipinski definition) is 1. The Morgan fingerprint density at radius 2 is 2.05 bits per heavy atom. The van der Waals surface area contributed by atoms with Crippen molar-refractivity contribution in [2.75, 3.05) is 13.6 Å². The fourth-order valence-electron chi connectivity index (χ4n) is 1.98. The van der Waals surface area contributed by atoms with Crippen LogP contribution in [0.1, 0.15) is 18.1 Å². The summed E-state index contributed by atoms with van der Waals surface area (Å²) in [4.78, 5) is 2.02. The van der Waals surface area contributed by atoms with Crippen LogP contribution in [0.4, 0.5) is 0 Å². The molecule has 0 aliphatic heterocycles. The van der Waals surface area contributed by atoms with Gasteiger partial charge < -0.3 is 10.2 Å². The van der Waals surface area contributed by atoms with Crippen LogP contribution in [0.3, 0.4) is 0 Å². The third-order valence-electron chi connectivity index (χ3n) is 2.97. The highest BCUT2D eigenvalue weighted by molar-refractivity contribution is 7.80. The Hall–Kier alpha value is -1.88. The molecule has 1 aromatic heterocycles. The fraction of sp³-hybridized carbons (Fsp3) is 0.333. The van der Waals surface area contributed by atoms with Crippen LogP contribution >= 0.6 is 12.2 Å². The molecule has 0 radical (unpaired) electrons. The summed E-state index contributed by atoms with van der Waals surface area (Å²) in [6.07, 6.45) is 3.96. The molecule has 0 aliphatic rings. The average molecular weight is 288 g/mol. The fourth-order valence-corrected chi connectivity index (χ4v) is 2.19. The number of aromatic nitrogens is 2. The molecule has 0 aliphatic carbocycles. The number of nitrogens with one attached hydrogen (secondary N) is 1. The first-order valence-corrected chi connectivity index (χ1v) is 7.14. The number of thiocarbonyl (C=S) groups is 1. The van der Waals surface area contributed by atoms with Crippen LogP contribution in [-0.4, -0.2) is 33.4 Å². The van der Waals surface area contributed by atoms with Gasteiger partial charge in [-0.15, -0.1) is 0 Å². The predicted molar refractivity (Wildman–Crippen MR) is 85.5 cm³/mol. The molecule has 106 valence electrons. The maximum Gasteiger partial charge on any atom is 0.168 e.